The Labute approximate surface area is 289 Å². The van der Waals surface area contributed by atoms with Crippen LogP contribution in [0.25, 0.3) is 11.2 Å². The van der Waals surface area contributed by atoms with E-state index in [4.69, 9.17) is 18.9 Å². The van der Waals surface area contributed by atoms with Crippen molar-refractivity contribution in [2.24, 2.45) is 0 Å². The maximum absolute atomic E-state index is 13.7. The van der Waals surface area contributed by atoms with Crippen molar-refractivity contribution in [2.45, 2.75) is 37.8 Å². The number of nitro groups is 1. The monoisotopic (exact) mass is 696 g/mol. The summed E-state index contributed by atoms with van der Waals surface area (Å²) in [5.74, 6) is 0.0119. The molecule has 5 aromatic rings. The van der Waals surface area contributed by atoms with Crippen LogP contribution >= 0.6 is 0 Å². The summed E-state index contributed by atoms with van der Waals surface area (Å²) >= 11 is 0. The zero-order chi connectivity index (χ0) is 35.8. The van der Waals surface area contributed by atoms with E-state index in [2.05, 4.69) is 20.3 Å². The van der Waals surface area contributed by atoms with Crippen LogP contribution in [0.4, 0.5) is 11.6 Å². The average molecular weight is 697 g/mol. The van der Waals surface area contributed by atoms with Gasteiger partial charge in [0.1, 0.15) is 23.8 Å². The van der Waals surface area contributed by atoms with Gasteiger partial charge < -0.3 is 34.5 Å². The molecule has 0 bridgehead atoms. The van der Waals surface area contributed by atoms with Crippen molar-refractivity contribution in [3.8, 4) is 17.4 Å². The fraction of sp³-hybridized carbons (Fsp3) is 0.286. The van der Waals surface area contributed by atoms with Gasteiger partial charge in [0, 0.05) is 41.7 Å². The Morgan fingerprint density at radius 3 is 2.45 bits per heavy atom. The molecule has 3 heterocycles. The average Bonchev–Trinajstić information content (AvgIpc) is 3.75. The van der Waals surface area contributed by atoms with E-state index in [0.717, 1.165) is 5.56 Å². The van der Waals surface area contributed by atoms with Crippen molar-refractivity contribution in [1.29, 1.82) is 0 Å². The number of benzene rings is 3. The molecule has 51 heavy (non-hydrogen) atoms. The van der Waals surface area contributed by atoms with Gasteiger partial charge in [-0.25, -0.2) is 4.98 Å². The summed E-state index contributed by atoms with van der Waals surface area (Å²) in [7, 11) is 2.85. The van der Waals surface area contributed by atoms with Crippen molar-refractivity contribution in [2.75, 3.05) is 32.8 Å². The van der Waals surface area contributed by atoms with Crippen molar-refractivity contribution in [3.63, 3.8) is 0 Å². The number of non-ortho nitro benzene ring substituents is 1. The molecule has 1 aliphatic heterocycles. The summed E-state index contributed by atoms with van der Waals surface area (Å²) in [4.78, 5) is 51.4. The third-order valence-corrected chi connectivity index (χ3v) is 8.94. The van der Waals surface area contributed by atoms with Gasteiger partial charge in [-0.1, -0.05) is 36.4 Å². The van der Waals surface area contributed by atoms with E-state index in [1.54, 1.807) is 41.0 Å². The highest BCUT2D eigenvalue weighted by Gasteiger charge is 2.37. The molecule has 0 unspecified atom stereocenters. The van der Waals surface area contributed by atoms with Gasteiger partial charge in [0.05, 0.1) is 62.5 Å². The SMILES string of the molecule is COc1cc2c(c(OC)c1CNc1nc(OCCc3ccc([N+](=O)[O-])cc3)c3ncn([C@H]4C[C@H](O)[C@@H](CO)O4)c3n1)C(=O)c1ccccc1C2=O. The van der Waals surface area contributed by atoms with E-state index < -0.39 is 23.4 Å². The molecule has 16 nitrogen and oxygen atoms in total. The minimum Gasteiger partial charge on any atom is -0.496 e. The van der Waals surface area contributed by atoms with Crippen LogP contribution in [0.5, 0.6) is 17.4 Å². The van der Waals surface area contributed by atoms with Gasteiger partial charge in [-0.2, -0.15) is 9.97 Å². The molecule has 1 fully saturated rings. The number of imidazole rings is 1. The number of nitrogens with zero attached hydrogens (tertiary/aromatic N) is 5. The highest BCUT2D eigenvalue weighted by atomic mass is 16.6. The maximum Gasteiger partial charge on any atom is 0.269 e. The number of aliphatic hydroxyl groups excluding tert-OH is 2. The van der Waals surface area contributed by atoms with Crippen LogP contribution in [0.1, 0.15) is 55.6 Å². The second-order valence-electron chi connectivity index (χ2n) is 11.9. The summed E-state index contributed by atoms with van der Waals surface area (Å²) < 4.78 is 25.0. The molecule has 0 amide bonds. The van der Waals surface area contributed by atoms with Crippen LogP contribution < -0.4 is 19.5 Å². The summed E-state index contributed by atoms with van der Waals surface area (Å²) in [6, 6.07) is 14.3. The molecule has 0 radical (unpaired) electrons. The molecule has 0 saturated carbocycles. The summed E-state index contributed by atoms with van der Waals surface area (Å²) in [6.45, 7) is -0.228. The Kier molecular flexibility index (Phi) is 9.03. The van der Waals surface area contributed by atoms with Crippen LogP contribution in [0.3, 0.4) is 0 Å². The van der Waals surface area contributed by atoms with Gasteiger partial charge in [-0.3, -0.25) is 24.3 Å². The highest BCUT2D eigenvalue weighted by molar-refractivity contribution is 6.29. The molecule has 262 valence electrons. The lowest BCUT2D eigenvalue weighted by Crippen LogP contribution is -2.24. The number of anilines is 1. The summed E-state index contributed by atoms with van der Waals surface area (Å²) in [5.41, 5.74) is 2.71. The van der Waals surface area contributed by atoms with Crippen LogP contribution in [0, 0.1) is 10.1 Å². The normalized spacial score (nSPS) is 18.0. The number of nitrogens with one attached hydrogen (secondary N) is 1. The second kappa shape index (κ2) is 13.7. The van der Waals surface area contributed by atoms with Gasteiger partial charge in [0.25, 0.3) is 5.69 Å². The van der Waals surface area contributed by atoms with Crippen molar-refractivity contribution in [3.05, 3.63) is 104 Å². The first-order valence-corrected chi connectivity index (χ1v) is 16.0. The lowest BCUT2D eigenvalue weighted by atomic mass is 9.82. The van der Waals surface area contributed by atoms with E-state index >= 15 is 0 Å². The number of ketones is 2. The topological polar surface area (TPSA) is 210 Å². The van der Waals surface area contributed by atoms with Crippen LogP contribution in [-0.2, 0) is 17.7 Å². The molecule has 2 aliphatic rings. The fourth-order valence-corrected chi connectivity index (χ4v) is 6.36. The largest absolute Gasteiger partial charge is 0.496 e. The van der Waals surface area contributed by atoms with E-state index in [1.807, 2.05) is 0 Å². The third-order valence-electron chi connectivity index (χ3n) is 8.94. The predicted molar refractivity (Wildman–Crippen MR) is 179 cm³/mol. The standard InChI is InChI=1S/C35H32N6O10/c1-48-25-13-22-28(31(45)21-6-4-3-5-20(21)30(22)44)32(49-2)23(25)15-36-35-38-33-29(37-17-40(33)27-14-24(43)26(16-42)51-27)34(39-35)50-12-11-18-7-9-19(10-8-18)41(46)47/h3-10,13,17,24,26-27,42-43H,11-12,14-16H2,1-2H3,(H,36,38,39)/t24-,26+,27+/m0/s1. The third kappa shape index (κ3) is 6.09. The summed E-state index contributed by atoms with van der Waals surface area (Å²) in [6.07, 6.45) is -0.305. The number of nitro benzene ring substituents is 1. The molecule has 1 aliphatic carbocycles. The van der Waals surface area contributed by atoms with E-state index in [-0.39, 0.29) is 77.7 Å². The first-order valence-electron chi connectivity index (χ1n) is 16.0. The van der Waals surface area contributed by atoms with Crippen LogP contribution in [0.2, 0.25) is 0 Å². The number of ether oxygens (including phenoxy) is 4. The quantitative estimate of drug-likeness (QED) is 0.124. The zero-order valence-electron chi connectivity index (χ0n) is 27.4. The van der Waals surface area contributed by atoms with E-state index in [0.29, 0.717) is 34.5 Å². The molecule has 3 atom stereocenters. The molecule has 16 heteroatoms. The van der Waals surface area contributed by atoms with Gasteiger partial charge in [-0.05, 0) is 11.6 Å². The minimum absolute atomic E-state index is 0.00412. The number of hydrogen-bond donors (Lipinski definition) is 3. The first kappa shape index (κ1) is 33.5. The molecular formula is C35H32N6O10. The second-order valence-corrected chi connectivity index (χ2v) is 11.9. The molecule has 3 N–H and O–H groups in total. The molecular weight excluding hydrogens is 664 g/mol. The number of hydrogen-bond acceptors (Lipinski definition) is 14. The molecule has 2 aromatic heterocycles. The van der Waals surface area contributed by atoms with Gasteiger partial charge >= 0.3 is 0 Å². The Balaban J connectivity index is 1.22. The lowest BCUT2D eigenvalue weighted by molar-refractivity contribution is -0.384. The lowest BCUT2D eigenvalue weighted by Gasteiger charge is -2.23. The van der Waals surface area contributed by atoms with Crippen molar-refractivity contribution in [1.82, 2.24) is 19.5 Å². The molecule has 3 aromatic carbocycles. The number of rotatable bonds is 12. The Bertz CT molecular complexity index is 2170. The number of fused-ring (bicyclic) bond motifs is 3. The number of methoxy groups -OCH3 is 2. The predicted octanol–water partition coefficient (Wildman–Crippen LogP) is 3.40. The van der Waals surface area contributed by atoms with Gasteiger partial charge in [-0.15, -0.1) is 0 Å². The van der Waals surface area contributed by atoms with Crippen molar-refractivity contribution < 1.29 is 43.7 Å². The first-order chi connectivity index (χ1) is 24.7. The fourth-order valence-electron chi connectivity index (χ4n) is 6.36. The number of carbonyl (C=O) groups excluding carboxylic acids is 2. The molecule has 1 saturated heterocycles. The Hall–Kier alpha value is -5.97. The van der Waals surface area contributed by atoms with Gasteiger partial charge in [0.2, 0.25) is 11.8 Å². The zero-order valence-corrected chi connectivity index (χ0v) is 27.4. The van der Waals surface area contributed by atoms with E-state index in [1.165, 1.54) is 38.7 Å². The van der Waals surface area contributed by atoms with Crippen molar-refractivity contribution >= 4 is 34.4 Å². The maximum atomic E-state index is 13.7. The highest BCUT2D eigenvalue weighted by Crippen LogP contribution is 2.41. The number of aliphatic hydroxyl groups is 2. The Morgan fingerprint density at radius 2 is 1.78 bits per heavy atom. The smallest absolute Gasteiger partial charge is 0.269 e. The van der Waals surface area contributed by atoms with Gasteiger partial charge in [0.15, 0.2) is 22.7 Å². The minimum atomic E-state index is -0.903. The molecule has 0 spiro atoms. The number of carbonyl (C=O) groups is 2. The molecule has 7 rings (SSSR count). The summed E-state index contributed by atoms with van der Waals surface area (Å²) in [5, 5.41) is 34.2. The Morgan fingerprint density at radius 1 is 1.04 bits per heavy atom. The van der Waals surface area contributed by atoms with E-state index in [9.17, 15) is 29.9 Å². The van der Waals surface area contributed by atoms with Crippen LogP contribution in [0.15, 0.2) is 60.9 Å². The van der Waals surface area contributed by atoms with Crippen LogP contribution in [-0.4, -0.2) is 85.9 Å². The number of aromatic nitrogens is 4.